The molecule has 1 aliphatic carbocycles. The van der Waals surface area contributed by atoms with Crippen LogP contribution in [0.2, 0.25) is 0 Å². The molecule has 198 valence electrons. The fourth-order valence-corrected chi connectivity index (χ4v) is 5.92. The van der Waals surface area contributed by atoms with Gasteiger partial charge in [-0.05, 0) is 80.7 Å². The average Bonchev–Trinajstić information content (AvgIpc) is 3.27. The monoisotopic (exact) mass is 514 g/mol. The summed E-state index contributed by atoms with van der Waals surface area (Å²) in [6, 6.07) is 14.7. The van der Waals surface area contributed by atoms with Crippen LogP contribution in [0.25, 0.3) is 11.1 Å². The molecule has 2 saturated heterocycles. The van der Waals surface area contributed by atoms with Gasteiger partial charge in [0.05, 0.1) is 12.5 Å². The van der Waals surface area contributed by atoms with Crippen LogP contribution < -0.4 is 10.6 Å². The van der Waals surface area contributed by atoms with Crippen LogP contribution in [0.15, 0.2) is 42.5 Å². The van der Waals surface area contributed by atoms with Gasteiger partial charge in [-0.15, -0.1) is 0 Å². The first-order valence-electron chi connectivity index (χ1n) is 13.3. The number of carbonyl (C=O) groups excluding carboxylic acids is 3. The van der Waals surface area contributed by atoms with E-state index in [1.807, 2.05) is 63.2 Å². The zero-order valence-electron chi connectivity index (χ0n) is 22.1. The Morgan fingerprint density at radius 1 is 1.11 bits per heavy atom. The van der Waals surface area contributed by atoms with Crippen LogP contribution in [0.1, 0.15) is 57.6 Å². The van der Waals surface area contributed by atoms with E-state index < -0.39 is 23.8 Å². The van der Waals surface area contributed by atoms with Gasteiger partial charge in [-0.1, -0.05) is 36.4 Å². The Morgan fingerprint density at radius 2 is 1.79 bits per heavy atom. The Hall–Kier alpha value is -3.86. The molecule has 2 N–H and O–H groups in total. The summed E-state index contributed by atoms with van der Waals surface area (Å²) in [6.07, 6.45) is 3.85. The minimum Gasteiger partial charge on any atom is -0.444 e. The van der Waals surface area contributed by atoms with Crippen LogP contribution in [0.5, 0.6) is 0 Å². The van der Waals surface area contributed by atoms with Crippen LogP contribution in [-0.4, -0.2) is 46.5 Å². The first kappa shape index (κ1) is 25.8. The van der Waals surface area contributed by atoms with Crippen molar-refractivity contribution in [2.75, 3.05) is 5.32 Å². The third-order valence-electron chi connectivity index (χ3n) is 7.69. The van der Waals surface area contributed by atoms with E-state index in [1.54, 1.807) is 4.90 Å². The lowest BCUT2D eigenvalue weighted by Crippen LogP contribution is -2.64. The number of hydrogen-bond acceptors (Lipinski definition) is 5. The Bertz CT molecular complexity index is 1280. The van der Waals surface area contributed by atoms with Gasteiger partial charge >= 0.3 is 6.09 Å². The summed E-state index contributed by atoms with van der Waals surface area (Å²) in [5, 5.41) is 15.6. The number of piperidine rings is 2. The van der Waals surface area contributed by atoms with Crippen LogP contribution in [-0.2, 0) is 27.2 Å². The molecule has 3 aliphatic heterocycles. The van der Waals surface area contributed by atoms with Crippen molar-refractivity contribution in [2.45, 2.75) is 83.0 Å². The number of ether oxygens (including phenoxy) is 1. The molecule has 2 aromatic rings. The molecule has 0 radical (unpaired) electrons. The van der Waals surface area contributed by atoms with E-state index in [-0.39, 0.29) is 23.8 Å². The van der Waals surface area contributed by atoms with Crippen LogP contribution in [0.4, 0.5) is 10.5 Å². The maximum atomic E-state index is 13.4. The van der Waals surface area contributed by atoms with Gasteiger partial charge in [-0.25, -0.2) is 4.79 Å². The maximum absolute atomic E-state index is 13.4. The van der Waals surface area contributed by atoms with Crippen molar-refractivity contribution in [1.82, 2.24) is 10.2 Å². The lowest BCUT2D eigenvalue weighted by Gasteiger charge is -2.50. The normalized spacial score (nSPS) is 22.7. The van der Waals surface area contributed by atoms with E-state index in [1.165, 1.54) is 0 Å². The molecule has 4 aliphatic rings. The maximum Gasteiger partial charge on any atom is 0.411 e. The SMILES string of the molecule is CC(C)(C)OC(=O)N1C2CCC(CC2)[C@H]1C(=O)N[C@H](C#N)Cc1ccc(-c2ccc3c(c2)NC(=O)C3)cc1. The highest BCUT2D eigenvalue weighted by Crippen LogP contribution is 2.40. The lowest BCUT2D eigenvalue weighted by molar-refractivity contribution is -0.135. The van der Waals surface area contributed by atoms with Gasteiger partial charge in [0, 0.05) is 18.2 Å². The molecule has 1 saturated carbocycles. The molecule has 2 atom stereocenters. The molecule has 38 heavy (non-hydrogen) atoms. The highest BCUT2D eigenvalue weighted by Gasteiger charge is 2.49. The Morgan fingerprint density at radius 3 is 2.45 bits per heavy atom. The van der Waals surface area contributed by atoms with Crippen molar-refractivity contribution in [2.24, 2.45) is 5.92 Å². The van der Waals surface area contributed by atoms with Crippen molar-refractivity contribution < 1.29 is 19.1 Å². The topological polar surface area (TPSA) is 112 Å². The molecule has 3 amide bonds. The van der Waals surface area contributed by atoms with Gasteiger partial charge in [0.1, 0.15) is 17.7 Å². The number of fused-ring (bicyclic) bond motifs is 4. The fourth-order valence-electron chi connectivity index (χ4n) is 5.92. The molecule has 2 aromatic carbocycles. The summed E-state index contributed by atoms with van der Waals surface area (Å²) >= 11 is 0. The predicted octanol–water partition coefficient (Wildman–Crippen LogP) is 4.58. The minimum atomic E-state index is -0.718. The number of carbonyl (C=O) groups is 3. The van der Waals surface area contributed by atoms with Crippen molar-refractivity contribution >= 4 is 23.6 Å². The molecule has 0 spiro atoms. The highest BCUT2D eigenvalue weighted by atomic mass is 16.6. The Balaban J connectivity index is 1.25. The molecule has 3 fully saturated rings. The molecule has 3 heterocycles. The van der Waals surface area contributed by atoms with Gasteiger partial charge in [0.2, 0.25) is 11.8 Å². The number of benzene rings is 2. The molecule has 6 rings (SSSR count). The van der Waals surface area contributed by atoms with Crippen molar-refractivity contribution in [3.05, 3.63) is 53.6 Å². The Kier molecular flexibility index (Phi) is 6.87. The standard InChI is InChI=1S/C30H34N4O4/c1-30(2,3)38-29(37)34-24-12-10-20(11-13-24)27(34)28(36)32-23(17-31)14-18-4-6-19(7-5-18)21-8-9-22-16-26(35)33-25(22)15-21/h4-9,15,20,23-24,27H,10-14,16H2,1-3H3,(H,32,36)(H,33,35)/t20?,23-,24?,27-/m0/s1. The predicted molar refractivity (Wildman–Crippen MR) is 143 cm³/mol. The van der Waals surface area contributed by atoms with E-state index in [0.717, 1.165) is 53.6 Å². The fraction of sp³-hybridized carbons (Fsp3) is 0.467. The zero-order valence-corrected chi connectivity index (χ0v) is 22.1. The summed E-state index contributed by atoms with van der Waals surface area (Å²) in [5.74, 6) is -0.204. The van der Waals surface area contributed by atoms with Gasteiger partial charge in [0.15, 0.2) is 0 Å². The van der Waals surface area contributed by atoms with Gasteiger partial charge in [0.25, 0.3) is 0 Å². The molecule has 0 aromatic heterocycles. The second kappa shape index (κ2) is 10.1. The van der Waals surface area contributed by atoms with Gasteiger partial charge < -0.3 is 15.4 Å². The highest BCUT2D eigenvalue weighted by molar-refractivity contribution is 6.00. The molecular formula is C30H34N4O4. The van der Waals surface area contributed by atoms with Crippen LogP contribution in [0, 0.1) is 17.2 Å². The van der Waals surface area contributed by atoms with Crippen LogP contribution >= 0.6 is 0 Å². The number of hydrogen-bond donors (Lipinski definition) is 2. The summed E-state index contributed by atoms with van der Waals surface area (Å²) in [7, 11) is 0. The number of anilines is 1. The first-order valence-corrected chi connectivity index (χ1v) is 13.3. The van der Waals surface area contributed by atoms with Crippen molar-refractivity contribution in [3.63, 3.8) is 0 Å². The first-order chi connectivity index (χ1) is 18.1. The average molecular weight is 515 g/mol. The number of nitrogens with one attached hydrogen (secondary N) is 2. The lowest BCUT2D eigenvalue weighted by atomic mass is 9.74. The zero-order chi connectivity index (χ0) is 27.0. The summed E-state index contributed by atoms with van der Waals surface area (Å²) in [5.41, 5.74) is 4.12. The summed E-state index contributed by atoms with van der Waals surface area (Å²) in [4.78, 5) is 39.7. The second-order valence-corrected chi connectivity index (χ2v) is 11.6. The number of nitriles is 1. The third kappa shape index (κ3) is 5.38. The quantitative estimate of drug-likeness (QED) is 0.607. The minimum absolute atomic E-state index is 0.00682. The second-order valence-electron chi connectivity index (χ2n) is 11.6. The molecule has 2 bridgehead atoms. The van der Waals surface area contributed by atoms with E-state index >= 15 is 0 Å². The van der Waals surface area contributed by atoms with Crippen LogP contribution in [0.3, 0.4) is 0 Å². The largest absolute Gasteiger partial charge is 0.444 e. The molecule has 8 heteroatoms. The van der Waals surface area contributed by atoms with E-state index in [4.69, 9.17) is 4.74 Å². The van der Waals surface area contributed by atoms with E-state index in [0.29, 0.717) is 12.8 Å². The molecular weight excluding hydrogens is 480 g/mol. The van der Waals surface area contributed by atoms with Gasteiger partial charge in [-0.3, -0.25) is 14.5 Å². The molecule has 8 nitrogen and oxygen atoms in total. The van der Waals surface area contributed by atoms with Gasteiger partial charge in [-0.2, -0.15) is 5.26 Å². The summed E-state index contributed by atoms with van der Waals surface area (Å²) < 4.78 is 5.64. The third-order valence-corrected chi connectivity index (χ3v) is 7.69. The summed E-state index contributed by atoms with van der Waals surface area (Å²) in [6.45, 7) is 5.46. The smallest absolute Gasteiger partial charge is 0.411 e. The van der Waals surface area contributed by atoms with Crippen molar-refractivity contribution in [1.29, 1.82) is 5.26 Å². The number of nitrogens with zero attached hydrogens (tertiary/aromatic N) is 2. The van der Waals surface area contributed by atoms with Crippen molar-refractivity contribution in [3.8, 4) is 17.2 Å². The number of rotatable bonds is 5. The number of amides is 3. The molecule has 0 unspecified atom stereocenters. The Labute approximate surface area is 223 Å². The van der Waals surface area contributed by atoms with E-state index in [2.05, 4.69) is 16.7 Å². The van der Waals surface area contributed by atoms with E-state index in [9.17, 15) is 19.6 Å².